The monoisotopic (exact) mass is 269 g/mol. The van der Waals surface area contributed by atoms with Gasteiger partial charge in [0.05, 0.1) is 12.9 Å². The van der Waals surface area contributed by atoms with Crippen molar-refractivity contribution in [1.82, 2.24) is 25.0 Å². The Morgan fingerprint density at radius 2 is 2.16 bits per heavy atom. The standard InChI is InChI=1S/C9H11N5O5/c15-3-1-19-9(6(17)5(3)16)14-7-4(12-13-14)8(18)11-2-10-7/h2-3,5-6,9,15-17H,1H2,(H,10,11,18). The number of fused-ring (bicyclic) bond motifs is 1. The Bertz CT molecular complexity index is 654. The second-order valence-electron chi connectivity index (χ2n) is 4.21. The van der Waals surface area contributed by atoms with E-state index in [0.29, 0.717) is 0 Å². The van der Waals surface area contributed by atoms with Gasteiger partial charge >= 0.3 is 0 Å². The third kappa shape index (κ3) is 1.81. The number of aliphatic hydroxyl groups excluding tert-OH is 3. The van der Waals surface area contributed by atoms with E-state index in [1.54, 1.807) is 0 Å². The molecule has 10 heteroatoms. The van der Waals surface area contributed by atoms with Crippen LogP contribution in [0.3, 0.4) is 0 Å². The highest BCUT2D eigenvalue weighted by molar-refractivity contribution is 5.67. The highest BCUT2D eigenvalue weighted by Crippen LogP contribution is 2.24. The Morgan fingerprint density at radius 3 is 2.95 bits per heavy atom. The second-order valence-corrected chi connectivity index (χ2v) is 4.21. The lowest BCUT2D eigenvalue weighted by Gasteiger charge is -2.34. The minimum absolute atomic E-state index is 0.00101. The van der Waals surface area contributed by atoms with Gasteiger partial charge in [-0.05, 0) is 0 Å². The van der Waals surface area contributed by atoms with E-state index in [1.165, 1.54) is 6.33 Å². The highest BCUT2D eigenvalue weighted by Gasteiger charge is 2.40. The number of rotatable bonds is 1. The number of hydrogen-bond donors (Lipinski definition) is 4. The molecule has 1 fully saturated rings. The summed E-state index contributed by atoms with van der Waals surface area (Å²) in [6, 6.07) is 0. The lowest BCUT2D eigenvalue weighted by Crippen LogP contribution is -2.50. The summed E-state index contributed by atoms with van der Waals surface area (Å²) in [7, 11) is 0. The van der Waals surface area contributed by atoms with Crippen molar-refractivity contribution in [2.24, 2.45) is 0 Å². The van der Waals surface area contributed by atoms with Gasteiger partial charge in [-0.3, -0.25) is 4.79 Å². The van der Waals surface area contributed by atoms with Crippen molar-refractivity contribution < 1.29 is 20.1 Å². The van der Waals surface area contributed by atoms with Crippen molar-refractivity contribution in [3.8, 4) is 0 Å². The quantitative estimate of drug-likeness (QED) is 0.432. The van der Waals surface area contributed by atoms with Gasteiger partial charge in [0.15, 0.2) is 17.4 Å². The van der Waals surface area contributed by atoms with Gasteiger partial charge in [-0.15, -0.1) is 5.10 Å². The molecule has 2 aromatic heterocycles. The molecule has 4 N–H and O–H groups in total. The van der Waals surface area contributed by atoms with Crippen LogP contribution in [-0.4, -0.2) is 65.2 Å². The topological polar surface area (TPSA) is 146 Å². The first-order chi connectivity index (χ1) is 9.09. The number of H-pyrrole nitrogens is 1. The number of ether oxygens (including phenoxy) is 1. The Morgan fingerprint density at radius 1 is 1.37 bits per heavy atom. The van der Waals surface area contributed by atoms with E-state index < -0.39 is 30.1 Å². The third-order valence-corrected chi connectivity index (χ3v) is 2.98. The number of aromatic amines is 1. The van der Waals surface area contributed by atoms with Gasteiger partial charge in [0, 0.05) is 0 Å². The molecule has 0 aromatic carbocycles. The Balaban J connectivity index is 2.05. The average molecular weight is 269 g/mol. The van der Waals surface area contributed by atoms with Crippen LogP contribution in [0.5, 0.6) is 0 Å². The maximum Gasteiger partial charge on any atom is 0.280 e. The van der Waals surface area contributed by atoms with Gasteiger partial charge in [-0.1, -0.05) is 5.21 Å². The fraction of sp³-hybridized carbons (Fsp3) is 0.556. The zero-order valence-corrected chi connectivity index (χ0v) is 9.54. The van der Waals surface area contributed by atoms with Crippen molar-refractivity contribution in [1.29, 1.82) is 0 Å². The van der Waals surface area contributed by atoms with Crippen LogP contribution in [-0.2, 0) is 4.74 Å². The van der Waals surface area contributed by atoms with E-state index in [4.69, 9.17) is 4.74 Å². The van der Waals surface area contributed by atoms with Crippen LogP contribution in [0.2, 0.25) is 0 Å². The molecule has 4 atom stereocenters. The van der Waals surface area contributed by atoms with Gasteiger partial charge in [-0.2, -0.15) is 4.68 Å². The fourth-order valence-corrected chi connectivity index (χ4v) is 1.95. The normalized spacial score (nSPS) is 31.7. The fourth-order valence-electron chi connectivity index (χ4n) is 1.95. The predicted octanol–water partition coefficient (Wildman–Crippen LogP) is -2.87. The van der Waals surface area contributed by atoms with Gasteiger partial charge < -0.3 is 25.0 Å². The summed E-state index contributed by atoms with van der Waals surface area (Å²) in [5.74, 6) is 0. The third-order valence-electron chi connectivity index (χ3n) is 2.98. The maximum atomic E-state index is 11.5. The molecule has 0 spiro atoms. The Kier molecular flexibility index (Phi) is 2.78. The molecule has 2 aromatic rings. The number of nitrogens with zero attached hydrogens (tertiary/aromatic N) is 4. The van der Waals surface area contributed by atoms with E-state index >= 15 is 0 Å². The van der Waals surface area contributed by atoms with Crippen LogP contribution < -0.4 is 5.56 Å². The van der Waals surface area contributed by atoms with E-state index in [1.807, 2.05) is 0 Å². The van der Waals surface area contributed by atoms with Crippen LogP contribution in [0.4, 0.5) is 0 Å². The van der Waals surface area contributed by atoms with Crippen molar-refractivity contribution >= 4 is 11.2 Å². The SMILES string of the molecule is O=c1[nH]cnc2c1nnn2C1OCC(O)C(O)C1O. The summed E-state index contributed by atoms with van der Waals surface area (Å²) in [5, 5.41) is 36.2. The molecule has 19 heavy (non-hydrogen) atoms. The van der Waals surface area contributed by atoms with Crippen molar-refractivity contribution in [2.45, 2.75) is 24.5 Å². The molecule has 10 nitrogen and oxygen atoms in total. The van der Waals surface area contributed by atoms with Crippen molar-refractivity contribution in [3.05, 3.63) is 16.7 Å². The van der Waals surface area contributed by atoms with E-state index in [-0.39, 0.29) is 17.8 Å². The van der Waals surface area contributed by atoms with E-state index in [9.17, 15) is 20.1 Å². The smallest absolute Gasteiger partial charge is 0.280 e. The molecule has 3 rings (SSSR count). The Labute approximate surface area is 105 Å². The Hall–Kier alpha value is -1.88. The van der Waals surface area contributed by atoms with Gasteiger partial charge in [-0.25, -0.2) is 4.98 Å². The molecule has 1 aliphatic rings. The molecule has 102 valence electrons. The minimum atomic E-state index is -1.41. The van der Waals surface area contributed by atoms with Crippen LogP contribution in [0.15, 0.2) is 11.1 Å². The molecule has 0 amide bonds. The van der Waals surface area contributed by atoms with Crippen molar-refractivity contribution in [2.75, 3.05) is 6.61 Å². The van der Waals surface area contributed by atoms with Crippen molar-refractivity contribution in [3.63, 3.8) is 0 Å². The lowest BCUT2D eigenvalue weighted by molar-refractivity contribution is -0.213. The van der Waals surface area contributed by atoms with Gasteiger partial charge in [0.25, 0.3) is 5.56 Å². The molecule has 0 saturated carbocycles. The largest absolute Gasteiger partial charge is 0.388 e. The first-order valence-corrected chi connectivity index (χ1v) is 5.54. The lowest BCUT2D eigenvalue weighted by atomic mass is 10.0. The first kappa shape index (κ1) is 12.2. The zero-order chi connectivity index (χ0) is 13.6. The second kappa shape index (κ2) is 4.35. The summed E-state index contributed by atoms with van der Waals surface area (Å²) in [4.78, 5) is 17.7. The molecule has 4 unspecified atom stereocenters. The minimum Gasteiger partial charge on any atom is -0.388 e. The molecule has 1 aliphatic heterocycles. The van der Waals surface area contributed by atoms with E-state index in [2.05, 4.69) is 20.3 Å². The number of aliphatic hydroxyl groups is 3. The first-order valence-electron chi connectivity index (χ1n) is 5.54. The highest BCUT2D eigenvalue weighted by atomic mass is 16.5. The van der Waals surface area contributed by atoms with Gasteiger partial charge in [0.1, 0.15) is 18.3 Å². The zero-order valence-electron chi connectivity index (χ0n) is 9.54. The molecule has 0 radical (unpaired) electrons. The molecule has 0 aliphatic carbocycles. The summed E-state index contributed by atoms with van der Waals surface area (Å²) >= 11 is 0. The summed E-state index contributed by atoms with van der Waals surface area (Å²) in [6.07, 6.45) is -3.87. The van der Waals surface area contributed by atoms with Gasteiger partial charge in [0.2, 0.25) is 0 Å². The molecule has 1 saturated heterocycles. The summed E-state index contributed by atoms with van der Waals surface area (Å²) in [5.41, 5.74) is -0.350. The van der Waals surface area contributed by atoms with Crippen LogP contribution >= 0.6 is 0 Å². The number of nitrogens with one attached hydrogen (secondary N) is 1. The number of hydrogen-bond acceptors (Lipinski definition) is 8. The molecular formula is C9H11N5O5. The molecular weight excluding hydrogens is 258 g/mol. The molecule has 0 bridgehead atoms. The average Bonchev–Trinajstić information content (AvgIpc) is 2.82. The number of aromatic nitrogens is 5. The maximum absolute atomic E-state index is 11.5. The predicted molar refractivity (Wildman–Crippen MR) is 59.0 cm³/mol. The van der Waals surface area contributed by atoms with Crippen LogP contribution in [0.1, 0.15) is 6.23 Å². The summed E-state index contributed by atoms with van der Waals surface area (Å²) < 4.78 is 6.31. The van der Waals surface area contributed by atoms with Crippen LogP contribution in [0, 0.1) is 0 Å². The summed E-state index contributed by atoms with van der Waals surface area (Å²) in [6.45, 7) is -0.173. The van der Waals surface area contributed by atoms with Crippen LogP contribution in [0.25, 0.3) is 11.2 Å². The molecule has 3 heterocycles. The van der Waals surface area contributed by atoms with E-state index in [0.717, 1.165) is 4.68 Å².